The van der Waals surface area contributed by atoms with E-state index in [4.69, 9.17) is 0 Å². The van der Waals surface area contributed by atoms with Crippen molar-refractivity contribution in [1.82, 2.24) is 10.3 Å². The van der Waals surface area contributed by atoms with Gasteiger partial charge in [0, 0.05) is 12.1 Å². The fourth-order valence-electron chi connectivity index (χ4n) is 1.66. The summed E-state index contributed by atoms with van der Waals surface area (Å²) in [6.45, 7) is 0.524. The molecule has 0 unspecified atom stereocenters. The number of allylic oxidation sites excluding steroid dienone is 2. The third-order valence-electron chi connectivity index (χ3n) is 2.55. The summed E-state index contributed by atoms with van der Waals surface area (Å²) in [6.07, 6.45) is 7.59. The number of hydrogen-bond acceptors (Lipinski definition) is 2. The number of carbonyl (C=O) groups is 1. The predicted octanol–water partition coefficient (Wildman–Crippen LogP) is 1.66. The van der Waals surface area contributed by atoms with Crippen LogP contribution in [0.25, 0.3) is 0 Å². The van der Waals surface area contributed by atoms with E-state index in [1.54, 1.807) is 6.20 Å². The number of rotatable bonds is 3. The molecule has 1 N–H and O–H groups in total. The Kier molecular flexibility index (Phi) is 3.12. The highest BCUT2D eigenvalue weighted by Gasteiger charge is 2.18. The summed E-state index contributed by atoms with van der Waals surface area (Å²) in [6, 6.07) is 5.70. The van der Waals surface area contributed by atoms with E-state index < -0.39 is 0 Å². The molecule has 0 aliphatic heterocycles. The van der Waals surface area contributed by atoms with Gasteiger partial charge in [-0.2, -0.15) is 0 Å². The molecule has 0 spiro atoms. The fourth-order valence-corrected chi connectivity index (χ4v) is 1.66. The van der Waals surface area contributed by atoms with E-state index in [0.717, 1.165) is 18.5 Å². The van der Waals surface area contributed by atoms with Crippen molar-refractivity contribution in [2.24, 2.45) is 5.92 Å². The SMILES string of the molecule is O=C(NCc1ccccn1)C1CC=CC1. The molecule has 78 valence electrons. The van der Waals surface area contributed by atoms with Crippen LogP contribution in [-0.2, 0) is 11.3 Å². The van der Waals surface area contributed by atoms with Crippen LogP contribution in [0.15, 0.2) is 36.5 Å². The molecule has 1 aromatic rings. The average molecular weight is 202 g/mol. The molecular weight excluding hydrogens is 188 g/mol. The molecule has 1 amide bonds. The third kappa shape index (κ3) is 2.65. The minimum absolute atomic E-state index is 0.130. The monoisotopic (exact) mass is 202 g/mol. The second kappa shape index (κ2) is 4.73. The minimum Gasteiger partial charge on any atom is -0.350 e. The Morgan fingerprint density at radius 1 is 1.40 bits per heavy atom. The maximum Gasteiger partial charge on any atom is 0.224 e. The number of nitrogens with one attached hydrogen (secondary N) is 1. The summed E-state index contributed by atoms with van der Waals surface area (Å²) in [5.41, 5.74) is 0.900. The lowest BCUT2D eigenvalue weighted by Crippen LogP contribution is -2.29. The molecule has 0 radical (unpaired) electrons. The maximum atomic E-state index is 11.6. The highest BCUT2D eigenvalue weighted by Crippen LogP contribution is 2.17. The Morgan fingerprint density at radius 3 is 2.87 bits per heavy atom. The van der Waals surface area contributed by atoms with Crippen LogP contribution in [0.5, 0.6) is 0 Å². The Hall–Kier alpha value is -1.64. The number of pyridine rings is 1. The fraction of sp³-hybridized carbons (Fsp3) is 0.333. The van der Waals surface area contributed by atoms with Crippen LogP contribution in [0, 0.1) is 5.92 Å². The molecule has 1 aliphatic rings. The summed E-state index contributed by atoms with van der Waals surface area (Å²) in [5, 5.41) is 2.90. The number of hydrogen-bond donors (Lipinski definition) is 1. The lowest BCUT2D eigenvalue weighted by molar-refractivity contribution is -0.124. The van der Waals surface area contributed by atoms with Gasteiger partial charge in [-0.3, -0.25) is 9.78 Å². The van der Waals surface area contributed by atoms with Gasteiger partial charge < -0.3 is 5.32 Å². The van der Waals surface area contributed by atoms with Crippen molar-refractivity contribution in [3.8, 4) is 0 Å². The molecule has 0 bridgehead atoms. The molecule has 2 rings (SSSR count). The van der Waals surface area contributed by atoms with E-state index in [-0.39, 0.29) is 11.8 Å². The lowest BCUT2D eigenvalue weighted by Gasteiger charge is -2.09. The first kappa shape index (κ1) is 9.90. The number of carbonyl (C=O) groups excluding carboxylic acids is 1. The topological polar surface area (TPSA) is 42.0 Å². The largest absolute Gasteiger partial charge is 0.350 e. The van der Waals surface area contributed by atoms with Gasteiger partial charge in [-0.25, -0.2) is 0 Å². The Bertz CT molecular complexity index is 351. The molecule has 3 heteroatoms. The van der Waals surface area contributed by atoms with Crippen molar-refractivity contribution >= 4 is 5.91 Å². The van der Waals surface area contributed by atoms with E-state index in [9.17, 15) is 4.79 Å². The van der Waals surface area contributed by atoms with Crippen molar-refractivity contribution in [2.45, 2.75) is 19.4 Å². The van der Waals surface area contributed by atoms with Crippen molar-refractivity contribution in [3.05, 3.63) is 42.2 Å². The van der Waals surface area contributed by atoms with Gasteiger partial charge >= 0.3 is 0 Å². The van der Waals surface area contributed by atoms with Gasteiger partial charge in [-0.15, -0.1) is 0 Å². The van der Waals surface area contributed by atoms with Gasteiger partial charge in [-0.1, -0.05) is 18.2 Å². The Labute approximate surface area is 89.2 Å². The summed E-state index contributed by atoms with van der Waals surface area (Å²) in [4.78, 5) is 15.8. The summed E-state index contributed by atoms with van der Waals surface area (Å²) in [7, 11) is 0. The maximum absolute atomic E-state index is 11.6. The van der Waals surface area contributed by atoms with E-state index in [1.807, 2.05) is 18.2 Å². The Balaban J connectivity index is 1.81. The van der Waals surface area contributed by atoms with Crippen LogP contribution in [0.1, 0.15) is 18.5 Å². The van der Waals surface area contributed by atoms with Crippen molar-refractivity contribution in [3.63, 3.8) is 0 Å². The van der Waals surface area contributed by atoms with Gasteiger partial charge in [0.2, 0.25) is 5.91 Å². The van der Waals surface area contributed by atoms with Gasteiger partial charge in [0.1, 0.15) is 0 Å². The normalized spacial score (nSPS) is 15.5. The van der Waals surface area contributed by atoms with Crippen molar-refractivity contribution in [1.29, 1.82) is 0 Å². The first-order valence-electron chi connectivity index (χ1n) is 5.19. The first-order chi connectivity index (χ1) is 7.36. The van der Waals surface area contributed by atoms with E-state index >= 15 is 0 Å². The molecule has 1 aliphatic carbocycles. The number of amides is 1. The van der Waals surface area contributed by atoms with E-state index in [1.165, 1.54) is 0 Å². The lowest BCUT2D eigenvalue weighted by atomic mass is 10.1. The summed E-state index contributed by atoms with van der Waals surface area (Å²) < 4.78 is 0. The second-order valence-electron chi connectivity index (χ2n) is 3.68. The van der Waals surface area contributed by atoms with E-state index in [0.29, 0.717) is 6.54 Å². The number of aromatic nitrogens is 1. The van der Waals surface area contributed by atoms with Gasteiger partial charge in [0.15, 0.2) is 0 Å². The van der Waals surface area contributed by atoms with Crippen molar-refractivity contribution in [2.75, 3.05) is 0 Å². The zero-order valence-electron chi connectivity index (χ0n) is 8.52. The third-order valence-corrected chi connectivity index (χ3v) is 2.55. The molecule has 1 heterocycles. The smallest absolute Gasteiger partial charge is 0.224 e. The van der Waals surface area contributed by atoms with Gasteiger partial charge in [0.05, 0.1) is 12.2 Å². The predicted molar refractivity (Wildman–Crippen MR) is 57.9 cm³/mol. The summed E-state index contributed by atoms with van der Waals surface area (Å²) in [5.74, 6) is 0.263. The second-order valence-corrected chi connectivity index (χ2v) is 3.68. The minimum atomic E-state index is 0.130. The molecule has 0 saturated carbocycles. The van der Waals surface area contributed by atoms with Crippen LogP contribution in [0.4, 0.5) is 0 Å². The highest BCUT2D eigenvalue weighted by molar-refractivity contribution is 5.79. The van der Waals surface area contributed by atoms with Crippen LogP contribution in [0.3, 0.4) is 0 Å². The van der Waals surface area contributed by atoms with Crippen molar-refractivity contribution < 1.29 is 4.79 Å². The van der Waals surface area contributed by atoms with Crippen LogP contribution >= 0.6 is 0 Å². The molecule has 3 nitrogen and oxygen atoms in total. The molecule has 1 aromatic heterocycles. The molecule has 0 atom stereocenters. The highest BCUT2D eigenvalue weighted by atomic mass is 16.1. The first-order valence-corrected chi connectivity index (χ1v) is 5.19. The van der Waals surface area contributed by atoms with Gasteiger partial charge in [0.25, 0.3) is 0 Å². The zero-order chi connectivity index (χ0) is 10.5. The van der Waals surface area contributed by atoms with Crippen LogP contribution in [0.2, 0.25) is 0 Å². The molecule has 0 fully saturated rings. The quantitative estimate of drug-likeness (QED) is 0.757. The molecule has 0 saturated heterocycles. The molecule has 0 aromatic carbocycles. The van der Waals surface area contributed by atoms with Gasteiger partial charge in [-0.05, 0) is 25.0 Å². The van der Waals surface area contributed by atoms with Crippen LogP contribution in [-0.4, -0.2) is 10.9 Å². The van der Waals surface area contributed by atoms with E-state index in [2.05, 4.69) is 22.5 Å². The average Bonchev–Trinajstić information content (AvgIpc) is 2.81. The zero-order valence-corrected chi connectivity index (χ0v) is 8.52. The molecule has 15 heavy (non-hydrogen) atoms. The standard InChI is InChI=1S/C12H14N2O/c15-12(10-5-1-2-6-10)14-9-11-7-3-4-8-13-11/h1-4,7-8,10H,5-6,9H2,(H,14,15). The van der Waals surface area contributed by atoms with Crippen LogP contribution < -0.4 is 5.32 Å². The summed E-state index contributed by atoms with van der Waals surface area (Å²) >= 11 is 0. The number of nitrogens with zero attached hydrogens (tertiary/aromatic N) is 1. The molecular formula is C12H14N2O. The Morgan fingerprint density at radius 2 is 2.20 bits per heavy atom.